The zero-order chi connectivity index (χ0) is 14.6. The summed E-state index contributed by atoms with van der Waals surface area (Å²) in [4.78, 5) is 14.1. The van der Waals surface area contributed by atoms with Crippen molar-refractivity contribution in [1.29, 1.82) is 5.26 Å². The second kappa shape index (κ2) is 6.09. The van der Waals surface area contributed by atoms with Crippen LogP contribution in [0, 0.1) is 23.7 Å². The topological polar surface area (TPSA) is 44.1 Å². The maximum Gasteiger partial charge on any atom is 0.222 e. The molecule has 0 unspecified atom stereocenters. The van der Waals surface area contributed by atoms with Gasteiger partial charge in [0.2, 0.25) is 5.91 Å². The van der Waals surface area contributed by atoms with E-state index in [-0.39, 0.29) is 11.3 Å². The van der Waals surface area contributed by atoms with Crippen molar-refractivity contribution in [3.05, 3.63) is 35.4 Å². The number of nitrogens with zero attached hydrogens (tertiary/aromatic N) is 2. The fourth-order valence-electron chi connectivity index (χ4n) is 2.53. The summed E-state index contributed by atoms with van der Waals surface area (Å²) in [6, 6.07) is 10.7. The van der Waals surface area contributed by atoms with Crippen LogP contribution in [0.5, 0.6) is 0 Å². The smallest absolute Gasteiger partial charge is 0.222 e. The number of likely N-dealkylation sites (tertiary alicyclic amines) is 1. The molecule has 1 aliphatic rings. The van der Waals surface area contributed by atoms with E-state index in [1.54, 1.807) is 0 Å². The minimum absolute atomic E-state index is 0.213. The lowest BCUT2D eigenvalue weighted by Gasteiger charge is -2.35. The van der Waals surface area contributed by atoms with Crippen molar-refractivity contribution in [2.75, 3.05) is 13.1 Å². The fourth-order valence-corrected chi connectivity index (χ4v) is 2.53. The Balaban J connectivity index is 1.82. The molecule has 1 aromatic rings. The number of piperidine rings is 1. The summed E-state index contributed by atoms with van der Waals surface area (Å²) in [6.07, 6.45) is 2.94. The molecule has 1 aromatic carbocycles. The molecule has 1 fully saturated rings. The Hall–Kier alpha value is -1.82. The molecule has 3 nitrogen and oxygen atoms in total. The molecule has 2 rings (SSSR count). The Morgan fingerprint density at radius 3 is 2.45 bits per heavy atom. The molecule has 3 heteroatoms. The highest BCUT2D eigenvalue weighted by atomic mass is 16.2. The molecule has 1 aliphatic heterocycles. The van der Waals surface area contributed by atoms with Crippen LogP contribution in [0.1, 0.15) is 37.3 Å². The van der Waals surface area contributed by atoms with Crippen molar-refractivity contribution in [3.63, 3.8) is 0 Å². The molecule has 0 saturated carbocycles. The van der Waals surface area contributed by atoms with Crippen LogP contribution in [0.3, 0.4) is 0 Å². The molecule has 0 radical (unpaired) electrons. The van der Waals surface area contributed by atoms with Crippen LogP contribution < -0.4 is 0 Å². The predicted molar refractivity (Wildman–Crippen MR) is 79.0 cm³/mol. The van der Waals surface area contributed by atoms with Gasteiger partial charge in [-0.1, -0.05) is 29.8 Å². The average molecular weight is 270 g/mol. The predicted octanol–water partition coefficient (Wildman–Crippen LogP) is 3.08. The molecule has 1 amide bonds. The summed E-state index contributed by atoms with van der Waals surface area (Å²) in [5, 5.41) is 9.10. The van der Waals surface area contributed by atoms with Gasteiger partial charge >= 0.3 is 0 Å². The largest absolute Gasteiger partial charge is 0.343 e. The Morgan fingerprint density at radius 1 is 1.30 bits per heavy atom. The van der Waals surface area contributed by atoms with Crippen molar-refractivity contribution < 1.29 is 4.79 Å². The molecule has 20 heavy (non-hydrogen) atoms. The minimum atomic E-state index is -0.242. The first kappa shape index (κ1) is 14.6. The second-order valence-electron chi connectivity index (χ2n) is 6.04. The molecular formula is C17H22N2O. The van der Waals surface area contributed by atoms with Crippen molar-refractivity contribution in [1.82, 2.24) is 4.90 Å². The third kappa shape index (κ3) is 3.60. The van der Waals surface area contributed by atoms with Gasteiger partial charge in [0.15, 0.2) is 0 Å². The zero-order valence-corrected chi connectivity index (χ0v) is 12.4. The quantitative estimate of drug-likeness (QED) is 0.847. The maximum atomic E-state index is 12.2. The SMILES string of the molecule is Cc1ccc(CCC(=O)N2CCC(C)(C#N)CC2)cc1. The Labute approximate surface area is 121 Å². The van der Waals surface area contributed by atoms with E-state index in [9.17, 15) is 4.79 Å². The van der Waals surface area contributed by atoms with Crippen molar-refractivity contribution in [2.45, 2.75) is 39.5 Å². The molecule has 0 atom stereocenters. The lowest BCUT2D eigenvalue weighted by Crippen LogP contribution is -2.41. The monoisotopic (exact) mass is 270 g/mol. The molecular weight excluding hydrogens is 248 g/mol. The van der Waals surface area contributed by atoms with Gasteiger partial charge in [-0.05, 0) is 38.7 Å². The number of rotatable bonds is 3. The molecule has 0 bridgehead atoms. The number of amides is 1. The van der Waals surface area contributed by atoms with Gasteiger partial charge in [0, 0.05) is 19.5 Å². The summed E-state index contributed by atoms with van der Waals surface area (Å²) in [6.45, 7) is 5.49. The Kier molecular flexibility index (Phi) is 4.44. The molecule has 106 valence electrons. The van der Waals surface area contributed by atoms with Gasteiger partial charge < -0.3 is 4.90 Å². The van der Waals surface area contributed by atoms with Gasteiger partial charge in [0.05, 0.1) is 11.5 Å². The normalized spacial score (nSPS) is 17.6. The number of benzene rings is 1. The van der Waals surface area contributed by atoms with Gasteiger partial charge in [-0.3, -0.25) is 4.79 Å². The van der Waals surface area contributed by atoms with Crippen molar-refractivity contribution in [2.24, 2.45) is 5.41 Å². The first-order chi connectivity index (χ1) is 9.52. The maximum absolute atomic E-state index is 12.2. The third-order valence-electron chi connectivity index (χ3n) is 4.24. The summed E-state index contributed by atoms with van der Waals surface area (Å²) >= 11 is 0. The van der Waals surface area contributed by atoms with E-state index in [1.165, 1.54) is 11.1 Å². The number of hydrogen-bond donors (Lipinski definition) is 0. The fraction of sp³-hybridized carbons (Fsp3) is 0.529. The van der Waals surface area contributed by atoms with Gasteiger partial charge in [0.25, 0.3) is 0 Å². The number of hydrogen-bond acceptors (Lipinski definition) is 2. The Bertz CT molecular complexity index is 505. The minimum Gasteiger partial charge on any atom is -0.343 e. The van der Waals surface area contributed by atoms with Crippen LogP contribution in [-0.2, 0) is 11.2 Å². The number of nitriles is 1. The molecule has 1 heterocycles. The first-order valence-electron chi connectivity index (χ1n) is 7.27. The van der Waals surface area contributed by atoms with Gasteiger partial charge in [-0.15, -0.1) is 0 Å². The van der Waals surface area contributed by atoms with E-state index in [2.05, 4.69) is 37.3 Å². The highest BCUT2D eigenvalue weighted by Crippen LogP contribution is 2.29. The third-order valence-corrected chi connectivity index (χ3v) is 4.24. The van der Waals surface area contributed by atoms with Crippen LogP contribution in [0.4, 0.5) is 0 Å². The standard InChI is InChI=1S/C17H22N2O/c1-14-3-5-15(6-4-14)7-8-16(20)19-11-9-17(2,13-18)10-12-19/h3-6H,7-12H2,1-2H3. The number of carbonyl (C=O) groups excluding carboxylic acids is 1. The zero-order valence-electron chi connectivity index (χ0n) is 12.4. The average Bonchev–Trinajstić information content (AvgIpc) is 2.47. The molecule has 0 aromatic heterocycles. The first-order valence-corrected chi connectivity index (χ1v) is 7.27. The van der Waals surface area contributed by atoms with E-state index in [0.29, 0.717) is 6.42 Å². The van der Waals surface area contributed by atoms with E-state index < -0.39 is 0 Å². The number of carbonyl (C=O) groups is 1. The van der Waals surface area contributed by atoms with E-state index in [4.69, 9.17) is 5.26 Å². The van der Waals surface area contributed by atoms with Crippen molar-refractivity contribution in [3.8, 4) is 6.07 Å². The molecule has 1 saturated heterocycles. The summed E-state index contributed by atoms with van der Waals surface area (Å²) in [5.41, 5.74) is 2.21. The van der Waals surface area contributed by atoms with Gasteiger partial charge in [0.1, 0.15) is 0 Å². The van der Waals surface area contributed by atoms with Crippen LogP contribution in [-0.4, -0.2) is 23.9 Å². The summed E-state index contributed by atoms with van der Waals surface area (Å²) < 4.78 is 0. The van der Waals surface area contributed by atoms with Gasteiger partial charge in [-0.2, -0.15) is 5.26 Å². The molecule has 0 spiro atoms. The Morgan fingerprint density at radius 2 is 1.90 bits per heavy atom. The van der Waals surface area contributed by atoms with Crippen LogP contribution in [0.2, 0.25) is 0 Å². The molecule has 0 aliphatic carbocycles. The summed E-state index contributed by atoms with van der Waals surface area (Å²) in [5.74, 6) is 0.213. The lowest BCUT2D eigenvalue weighted by atomic mass is 9.82. The van der Waals surface area contributed by atoms with E-state index in [0.717, 1.165) is 32.4 Å². The second-order valence-corrected chi connectivity index (χ2v) is 6.04. The lowest BCUT2D eigenvalue weighted by molar-refractivity contribution is -0.132. The van der Waals surface area contributed by atoms with Crippen LogP contribution in [0.25, 0.3) is 0 Å². The van der Waals surface area contributed by atoms with E-state index in [1.807, 2.05) is 11.8 Å². The highest BCUT2D eigenvalue weighted by molar-refractivity contribution is 5.76. The van der Waals surface area contributed by atoms with Crippen LogP contribution >= 0.6 is 0 Å². The van der Waals surface area contributed by atoms with Gasteiger partial charge in [-0.25, -0.2) is 0 Å². The highest BCUT2D eigenvalue weighted by Gasteiger charge is 2.31. The van der Waals surface area contributed by atoms with Crippen molar-refractivity contribution >= 4 is 5.91 Å². The number of aryl methyl sites for hydroxylation is 2. The molecule has 0 N–H and O–H groups in total. The van der Waals surface area contributed by atoms with Crippen LogP contribution in [0.15, 0.2) is 24.3 Å². The summed E-state index contributed by atoms with van der Waals surface area (Å²) in [7, 11) is 0. The van der Waals surface area contributed by atoms with E-state index >= 15 is 0 Å².